The largest absolute Gasteiger partial charge is 0.383 e. The molecule has 4 nitrogen and oxygen atoms in total. The Morgan fingerprint density at radius 1 is 1.33 bits per heavy atom. The molecule has 1 saturated heterocycles. The van der Waals surface area contributed by atoms with E-state index in [4.69, 9.17) is 4.74 Å². The molecule has 1 amide bonds. The number of amides is 1. The third-order valence-corrected chi connectivity index (χ3v) is 4.01. The predicted molar refractivity (Wildman–Crippen MR) is 83.9 cm³/mol. The number of nitrogens with one attached hydrogen (secondary N) is 1. The van der Waals surface area contributed by atoms with Gasteiger partial charge < -0.3 is 9.64 Å². The Balaban J connectivity index is 2.09. The fourth-order valence-electron chi connectivity index (χ4n) is 3.06. The predicted octanol–water partition coefficient (Wildman–Crippen LogP) is 2.19. The molecule has 3 unspecified atom stereocenters. The minimum atomic E-state index is -0.122. The number of carbonyl (C=O) groups excluding carboxylic acids is 1. The van der Waals surface area contributed by atoms with Crippen LogP contribution in [-0.4, -0.2) is 42.8 Å². The lowest BCUT2D eigenvalue weighted by molar-refractivity contribution is -0.133. The maximum absolute atomic E-state index is 12.7. The fraction of sp³-hybridized carbons (Fsp3) is 0.588. The molecule has 0 spiro atoms. The van der Waals surface area contributed by atoms with Crippen LogP contribution in [0.1, 0.15) is 32.3 Å². The molecule has 1 N–H and O–H groups in total. The van der Waals surface area contributed by atoms with Gasteiger partial charge in [0.2, 0.25) is 5.91 Å². The Morgan fingerprint density at radius 3 is 2.67 bits per heavy atom. The molecule has 4 heteroatoms. The van der Waals surface area contributed by atoms with Crippen LogP contribution in [0.5, 0.6) is 0 Å². The summed E-state index contributed by atoms with van der Waals surface area (Å²) in [6.07, 6.45) is 2.90. The normalized spacial score (nSPS) is 23.6. The molecule has 0 bridgehead atoms. The molecule has 1 aromatic rings. The Hall–Kier alpha value is -1.39. The van der Waals surface area contributed by atoms with Gasteiger partial charge >= 0.3 is 0 Å². The first kappa shape index (κ1) is 16.0. The minimum Gasteiger partial charge on any atom is -0.383 e. The van der Waals surface area contributed by atoms with Gasteiger partial charge in [-0.2, -0.15) is 0 Å². The summed E-state index contributed by atoms with van der Waals surface area (Å²) in [5.74, 6) is 0.196. The molecule has 1 aliphatic heterocycles. The van der Waals surface area contributed by atoms with E-state index in [-0.39, 0.29) is 24.2 Å². The molecule has 0 radical (unpaired) electrons. The van der Waals surface area contributed by atoms with Gasteiger partial charge in [-0.15, -0.1) is 0 Å². The topological polar surface area (TPSA) is 41.6 Å². The van der Waals surface area contributed by atoms with Crippen LogP contribution in [0.2, 0.25) is 0 Å². The number of carbonyl (C=O) groups is 1. The third kappa shape index (κ3) is 3.83. The first-order valence-electron chi connectivity index (χ1n) is 7.78. The molecule has 0 aliphatic carbocycles. The first-order chi connectivity index (χ1) is 10.2. The molecule has 0 saturated carbocycles. The van der Waals surface area contributed by atoms with Crippen molar-refractivity contribution in [1.82, 2.24) is 10.2 Å². The van der Waals surface area contributed by atoms with E-state index in [1.807, 2.05) is 23.1 Å². The zero-order chi connectivity index (χ0) is 15.2. The zero-order valence-electron chi connectivity index (χ0n) is 13.2. The van der Waals surface area contributed by atoms with Crippen molar-refractivity contribution in [3.05, 3.63) is 35.9 Å². The number of ether oxygens (including phenoxy) is 1. The summed E-state index contributed by atoms with van der Waals surface area (Å²) in [5.41, 5.74) is 1.19. The SMILES string of the molecule is CCCC1NC(Cc2ccccc2)C(=O)N1C(C)COC. The van der Waals surface area contributed by atoms with Crippen LogP contribution in [0, 0.1) is 0 Å². The minimum absolute atomic E-state index is 0.104. The number of benzene rings is 1. The second kappa shape index (κ2) is 7.57. The Morgan fingerprint density at radius 2 is 2.05 bits per heavy atom. The Kier molecular flexibility index (Phi) is 5.76. The van der Waals surface area contributed by atoms with Gasteiger partial charge in [0, 0.05) is 7.11 Å². The van der Waals surface area contributed by atoms with Crippen LogP contribution in [-0.2, 0) is 16.0 Å². The van der Waals surface area contributed by atoms with Gasteiger partial charge in [0.1, 0.15) is 0 Å². The molecule has 1 aliphatic rings. The average Bonchev–Trinajstić information content (AvgIpc) is 2.77. The number of rotatable bonds is 7. The van der Waals surface area contributed by atoms with E-state index in [1.54, 1.807) is 7.11 Å². The summed E-state index contributed by atoms with van der Waals surface area (Å²) in [7, 11) is 1.68. The molecule has 1 fully saturated rings. The molecule has 0 aromatic heterocycles. The van der Waals surface area contributed by atoms with E-state index in [0.29, 0.717) is 6.61 Å². The quantitative estimate of drug-likeness (QED) is 0.837. The van der Waals surface area contributed by atoms with Crippen molar-refractivity contribution in [3.8, 4) is 0 Å². The summed E-state index contributed by atoms with van der Waals surface area (Å²) in [6, 6.07) is 10.2. The standard InChI is InChI=1S/C17H26N2O2/c1-4-8-16-18-15(11-14-9-6-5-7-10-14)17(20)19(16)13(2)12-21-3/h5-7,9-10,13,15-16,18H,4,8,11-12H2,1-3H3. The van der Waals surface area contributed by atoms with E-state index in [2.05, 4.69) is 31.3 Å². The van der Waals surface area contributed by atoms with Gasteiger partial charge in [0.25, 0.3) is 0 Å². The average molecular weight is 290 g/mol. The maximum Gasteiger partial charge on any atom is 0.241 e. The Labute approximate surface area is 127 Å². The van der Waals surface area contributed by atoms with Crippen molar-refractivity contribution >= 4 is 5.91 Å². The molecule has 1 heterocycles. The molecule has 21 heavy (non-hydrogen) atoms. The highest BCUT2D eigenvalue weighted by atomic mass is 16.5. The van der Waals surface area contributed by atoms with Crippen molar-refractivity contribution in [2.45, 2.75) is 51.4 Å². The molecule has 1 aromatic carbocycles. The molecule has 116 valence electrons. The van der Waals surface area contributed by atoms with E-state index in [0.717, 1.165) is 19.3 Å². The van der Waals surface area contributed by atoms with Gasteiger partial charge in [0.05, 0.1) is 24.9 Å². The van der Waals surface area contributed by atoms with Gasteiger partial charge in [0.15, 0.2) is 0 Å². The molecular formula is C17H26N2O2. The number of methoxy groups -OCH3 is 1. The zero-order valence-corrected chi connectivity index (χ0v) is 13.2. The molecule has 3 atom stereocenters. The van der Waals surface area contributed by atoms with E-state index < -0.39 is 0 Å². The van der Waals surface area contributed by atoms with Crippen molar-refractivity contribution in [2.75, 3.05) is 13.7 Å². The van der Waals surface area contributed by atoms with Crippen LogP contribution < -0.4 is 5.32 Å². The summed E-state index contributed by atoms with van der Waals surface area (Å²) >= 11 is 0. The summed E-state index contributed by atoms with van der Waals surface area (Å²) in [5, 5.41) is 3.50. The fourth-order valence-corrected chi connectivity index (χ4v) is 3.06. The maximum atomic E-state index is 12.7. The highest BCUT2D eigenvalue weighted by Gasteiger charge is 2.40. The first-order valence-corrected chi connectivity index (χ1v) is 7.78. The number of nitrogens with zero attached hydrogens (tertiary/aromatic N) is 1. The smallest absolute Gasteiger partial charge is 0.241 e. The number of hydrogen-bond acceptors (Lipinski definition) is 3. The van der Waals surface area contributed by atoms with E-state index in [1.165, 1.54) is 5.56 Å². The lowest BCUT2D eigenvalue weighted by atomic mass is 10.1. The Bertz CT molecular complexity index is 449. The second-order valence-corrected chi connectivity index (χ2v) is 5.76. The number of hydrogen-bond donors (Lipinski definition) is 1. The highest BCUT2D eigenvalue weighted by molar-refractivity contribution is 5.85. The van der Waals surface area contributed by atoms with E-state index in [9.17, 15) is 4.79 Å². The van der Waals surface area contributed by atoms with E-state index >= 15 is 0 Å². The lowest BCUT2D eigenvalue weighted by Gasteiger charge is -2.29. The van der Waals surface area contributed by atoms with Crippen molar-refractivity contribution in [1.29, 1.82) is 0 Å². The van der Waals surface area contributed by atoms with Gasteiger partial charge in [-0.1, -0.05) is 43.7 Å². The summed E-state index contributed by atoms with van der Waals surface area (Å²) in [4.78, 5) is 14.7. The highest BCUT2D eigenvalue weighted by Crippen LogP contribution is 2.21. The molecule has 2 rings (SSSR count). The van der Waals surface area contributed by atoms with Crippen LogP contribution in [0.15, 0.2) is 30.3 Å². The van der Waals surface area contributed by atoms with Crippen LogP contribution >= 0.6 is 0 Å². The monoisotopic (exact) mass is 290 g/mol. The summed E-state index contributed by atoms with van der Waals surface area (Å²) in [6.45, 7) is 4.78. The van der Waals surface area contributed by atoms with Gasteiger partial charge in [-0.05, 0) is 25.3 Å². The van der Waals surface area contributed by atoms with Crippen LogP contribution in [0.4, 0.5) is 0 Å². The van der Waals surface area contributed by atoms with Crippen molar-refractivity contribution in [2.24, 2.45) is 0 Å². The van der Waals surface area contributed by atoms with Crippen LogP contribution in [0.3, 0.4) is 0 Å². The second-order valence-electron chi connectivity index (χ2n) is 5.76. The van der Waals surface area contributed by atoms with Crippen molar-refractivity contribution in [3.63, 3.8) is 0 Å². The molecular weight excluding hydrogens is 264 g/mol. The van der Waals surface area contributed by atoms with Gasteiger partial charge in [-0.3, -0.25) is 10.1 Å². The third-order valence-electron chi connectivity index (χ3n) is 4.01. The van der Waals surface area contributed by atoms with Crippen molar-refractivity contribution < 1.29 is 9.53 Å². The van der Waals surface area contributed by atoms with Crippen LogP contribution in [0.25, 0.3) is 0 Å². The van der Waals surface area contributed by atoms with Gasteiger partial charge in [-0.25, -0.2) is 0 Å². The summed E-state index contributed by atoms with van der Waals surface area (Å²) < 4.78 is 5.22. The lowest BCUT2D eigenvalue weighted by Crippen LogP contribution is -2.45.